The lowest BCUT2D eigenvalue weighted by atomic mass is 9.97. The van der Waals surface area contributed by atoms with E-state index in [0.717, 1.165) is 91.2 Å². The molecule has 0 saturated carbocycles. The van der Waals surface area contributed by atoms with E-state index in [9.17, 15) is 0 Å². The Balaban J connectivity index is 0.000000114. The third-order valence-corrected chi connectivity index (χ3v) is 26.4. The van der Waals surface area contributed by atoms with Gasteiger partial charge in [-0.1, -0.05) is 53.9 Å². The number of nitrogens with two attached hydrogens (primary N) is 3. The molecule has 0 radical (unpaired) electrons. The number of amidine groups is 1. The van der Waals surface area contributed by atoms with E-state index in [2.05, 4.69) is 223 Å². The van der Waals surface area contributed by atoms with Crippen molar-refractivity contribution in [3.8, 4) is 0 Å². The van der Waals surface area contributed by atoms with Gasteiger partial charge in [0, 0.05) is 196 Å². The number of nitrogen functional groups attached to an aromatic ring is 2. The molecule has 8 fully saturated rings. The first kappa shape index (κ1) is 73.7. The number of thiophene rings is 1. The van der Waals surface area contributed by atoms with E-state index < -0.39 is 0 Å². The standard InChI is InChI=1S/C21H24N4S.C18H27BrN2O2.C16H19BrN2.C16H21N3.C10H14BrNO2/c1-24-16-5-6-17(24)13-18(12-16)25-9-8-14-11-15(4-7-19(14)25)23-21(22)20-3-2-10-26-20;1-21-15-5-6-16(21)11-14(10-15)20-17-7-4-13(19)8-12(17)9-18(22-2)23-3;2*1-18-13-3-4-14(18)10-15(9-13)19-7-6-11-8-12(17)2-5-16(11)19;1-13-10(14-2)6-7-5-8(11)3-4-9(7)12/h2-4,7-11,16-18H,5-6,12-13H2,1H3,(H2,22,23);4,7-8,14-16,18,20H,5-6,9-11H2,1-3H3;2,5-8,13-15H,3-4,9-10H2,1H3;2,5-8,13-15H,3-4,9-10,17H2,1H3;3-5,10H,6,12H2,1-2H3. The molecule has 12 heterocycles. The van der Waals surface area contributed by atoms with Crippen molar-refractivity contribution < 1.29 is 18.9 Å². The fourth-order valence-electron chi connectivity index (χ4n) is 18.2. The number of anilines is 3. The number of aliphatic imine (C=N–C) groups is 1. The van der Waals surface area contributed by atoms with Crippen molar-refractivity contribution in [3.63, 3.8) is 0 Å². The fourth-order valence-corrected chi connectivity index (χ4v) is 20.0. The third-order valence-electron chi connectivity index (χ3n) is 24.0. The number of nitrogens with zero attached hydrogens (tertiary/aromatic N) is 8. The molecule has 8 atom stereocenters. The summed E-state index contributed by atoms with van der Waals surface area (Å²) in [6.07, 6.45) is 28.9. The summed E-state index contributed by atoms with van der Waals surface area (Å²) in [6, 6.07) is 50.9. The largest absolute Gasteiger partial charge is 0.399 e. The molecule has 0 spiro atoms. The monoisotopic (exact) mass is 1580 g/mol. The fraction of sp³-hybridized carbons (Fsp3) is 0.494. The van der Waals surface area contributed by atoms with E-state index in [-0.39, 0.29) is 12.6 Å². The lowest BCUT2D eigenvalue weighted by molar-refractivity contribution is -0.100. The number of ether oxygens (including phenoxy) is 4. The van der Waals surface area contributed by atoms with Gasteiger partial charge in [0.05, 0.1) is 10.6 Å². The minimum Gasteiger partial charge on any atom is -0.399 e. The molecule has 16 nitrogen and oxygen atoms in total. The molecule has 17 rings (SSSR count). The first-order valence-corrected chi connectivity index (χ1v) is 39.9. The average Bonchev–Trinajstić information content (AvgIpc) is 1.66. The van der Waals surface area contributed by atoms with Gasteiger partial charge in [-0.05, 0) is 263 Å². The molecule has 101 heavy (non-hydrogen) atoms. The molecule has 7 N–H and O–H groups in total. The van der Waals surface area contributed by atoms with Crippen LogP contribution in [-0.4, -0.2) is 163 Å². The number of fused-ring (bicyclic) bond motifs is 11. The zero-order chi connectivity index (χ0) is 70.6. The van der Waals surface area contributed by atoms with Gasteiger partial charge in [-0.15, -0.1) is 11.3 Å². The zero-order valence-electron chi connectivity index (χ0n) is 60.2. The van der Waals surface area contributed by atoms with Crippen LogP contribution < -0.4 is 22.5 Å². The number of methoxy groups -OCH3 is 4. The first-order chi connectivity index (χ1) is 48.9. The van der Waals surface area contributed by atoms with Crippen LogP contribution in [0.1, 0.15) is 137 Å². The van der Waals surface area contributed by atoms with E-state index in [1.54, 1.807) is 39.8 Å². The molecule has 8 unspecified atom stereocenters. The van der Waals surface area contributed by atoms with E-state index in [1.165, 1.54) is 151 Å². The highest BCUT2D eigenvalue weighted by atomic mass is 79.9. The van der Waals surface area contributed by atoms with Gasteiger partial charge in [0.15, 0.2) is 12.6 Å². The van der Waals surface area contributed by atoms with Crippen LogP contribution in [0.2, 0.25) is 0 Å². The van der Waals surface area contributed by atoms with E-state index >= 15 is 0 Å². The summed E-state index contributed by atoms with van der Waals surface area (Å²) >= 11 is 12.1. The van der Waals surface area contributed by atoms with Crippen LogP contribution in [-0.2, 0) is 31.8 Å². The summed E-state index contributed by atoms with van der Waals surface area (Å²) < 4.78 is 31.7. The van der Waals surface area contributed by atoms with Crippen molar-refractivity contribution in [3.05, 3.63) is 175 Å². The van der Waals surface area contributed by atoms with E-state index in [1.807, 2.05) is 41.8 Å². The van der Waals surface area contributed by atoms with E-state index in [4.69, 9.17) is 36.1 Å². The maximum atomic E-state index is 6.14. The number of hydrogen-bond acceptors (Lipinski definition) is 13. The molecule has 0 amide bonds. The van der Waals surface area contributed by atoms with Crippen molar-refractivity contribution in [1.82, 2.24) is 33.3 Å². The average molecular weight is 1580 g/mol. The Kier molecular flexibility index (Phi) is 24.3. The Morgan fingerprint density at radius 1 is 0.465 bits per heavy atom. The van der Waals surface area contributed by atoms with Crippen molar-refractivity contribution in [2.24, 2.45) is 10.7 Å². The highest BCUT2D eigenvalue weighted by Crippen LogP contribution is 2.45. The molecular formula is C81H105Br3N12O4S. The molecular weight excluding hydrogens is 1480 g/mol. The summed E-state index contributed by atoms with van der Waals surface area (Å²) in [7, 11) is 15.8. The smallest absolute Gasteiger partial charge is 0.160 e. The highest BCUT2D eigenvalue weighted by molar-refractivity contribution is 9.11. The van der Waals surface area contributed by atoms with Gasteiger partial charge in [0.25, 0.3) is 0 Å². The minimum absolute atomic E-state index is 0.210. The van der Waals surface area contributed by atoms with Gasteiger partial charge in [-0.3, -0.25) is 0 Å². The lowest BCUT2D eigenvalue weighted by Crippen LogP contribution is -2.44. The molecule has 8 aliphatic rings. The molecule has 540 valence electrons. The van der Waals surface area contributed by atoms with Gasteiger partial charge >= 0.3 is 0 Å². The molecule has 5 aromatic carbocycles. The summed E-state index contributed by atoms with van der Waals surface area (Å²) in [6.45, 7) is 0. The first-order valence-electron chi connectivity index (χ1n) is 36.6. The van der Waals surface area contributed by atoms with Crippen LogP contribution in [0.5, 0.6) is 0 Å². The molecule has 0 aliphatic carbocycles. The van der Waals surface area contributed by atoms with Gasteiger partial charge < -0.3 is 74.8 Å². The molecule has 20 heteroatoms. The third kappa shape index (κ3) is 17.1. The zero-order valence-corrected chi connectivity index (χ0v) is 65.7. The number of halogens is 3. The number of rotatable bonds is 15. The maximum absolute atomic E-state index is 6.14. The highest BCUT2D eigenvalue weighted by Gasteiger charge is 2.42. The van der Waals surface area contributed by atoms with Gasteiger partial charge in [-0.2, -0.15) is 0 Å². The predicted octanol–water partition coefficient (Wildman–Crippen LogP) is 17.6. The maximum Gasteiger partial charge on any atom is 0.160 e. The van der Waals surface area contributed by atoms with Crippen molar-refractivity contribution >= 4 is 120 Å². The Hall–Kier alpha value is -5.59. The van der Waals surface area contributed by atoms with Gasteiger partial charge in [-0.25, -0.2) is 4.99 Å². The van der Waals surface area contributed by atoms with Crippen molar-refractivity contribution in [1.29, 1.82) is 0 Å². The summed E-state index contributed by atoms with van der Waals surface area (Å²) in [5, 5.41) is 9.68. The van der Waals surface area contributed by atoms with E-state index in [0.29, 0.717) is 36.4 Å². The molecule has 8 aliphatic heterocycles. The Labute approximate surface area is 627 Å². The van der Waals surface area contributed by atoms with Crippen molar-refractivity contribution in [2.45, 2.75) is 201 Å². The number of hydrogen-bond donors (Lipinski definition) is 4. The molecule has 8 saturated heterocycles. The second-order valence-electron chi connectivity index (χ2n) is 29.7. The number of nitrogens with one attached hydrogen (secondary N) is 1. The quantitative estimate of drug-likeness (QED) is 0.0332. The second kappa shape index (κ2) is 33.2. The van der Waals surface area contributed by atoms with Crippen LogP contribution >= 0.6 is 59.1 Å². The normalized spacial score (nSPS) is 26.4. The van der Waals surface area contributed by atoms with Crippen LogP contribution in [0.4, 0.5) is 22.7 Å². The summed E-state index contributed by atoms with van der Waals surface area (Å²) in [5.74, 6) is 0.589. The summed E-state index contributed by atoms with van der Waals surface area (Å²) in [4.78, 5) is 16.0. The van der Waals surface area contributed by atoms with Gasteiger partial charge in [0.2, 0.25) is 0 Å². The Bertz CT molecular complexity index is 4080. The molecule has 9 aromatic rings. The molecule has 8 bridgehead atoms. The van der Waals surface area contributed by atoms with Crippen LogP contribution in [0.25, 0.3) is 32.7 Å². The second-order valence-corrected chi connectivity index (χ2v) is 33.3. The van der Waals surface area contributed by atoms with Crippen molar-refractivity contribution in [2.75, 3.05) is 73.4 Å². The SMILES string of the molecule is CN1C2CCC1CC(n1ccc3cc(Br)ccc31)C2.CN1C2CCC1CC(n1ccc3cc(N)ccc31)C2.CN1C2CCC1CC(n1ccc3cc(N=C(N)c4cccs4)ccc31)C2.COC(Cc1cc(Br)ccc1N)OC.COC(Cc1cc(Br)ccc1NC1CC2CCC(C1)N2C)OC. The number of piperidine rings is 4. The minimum atomic E-state index is -0.244. The van der Waals surface area contributed by atoms with Crippen LogP contribution in [0, 0.1) is 0 Å². The van der Waals surface area contributed by atoms with Crippen LogP contribution in [0.3, 0.4) is 0 Å². The Morgan fingerprint density at radius 2 is 0.861 bits per heavy atom. The predicted molar refractivity (Wildman–Crippen MR) is 428 cm³/mol. The van der Waals surface area contributed by atoms with Gasteiger partial charge in [0.1, 0.15) is 5.84 Å². The molecule has 4 aromatic heterocycles. The topological polar surface area (TPSA) is 167 Å². The lowest BCUT2D eigenvalue weighted by Gasteiger charge is -2.37. The number of aromatic nitrogens is 3. The summed E-state index contributed by atoms with van der Waals surface area (Å²) in [5.41, 5.74) is 27.9. The number of benzene rings is 5. The Morgan fingerprint density at radius 3 is 1.33 bits per heavy atom. The van der Waals surface area contributed by atoms with Crippen LogP contribution in [0.15, 0.2) is 164 Å².